The van der Waals surface area contributed by atoms with Crippen LogP contribution in [0.4, 0.5) is 5.82 Å². The van der Waals surface area contributed by atoms with Crippen LogP contribution in [0.1, 0.15) is 24.1 Å². The van der Waals surface area contributed by atoms with E-state index in [1.807, 2.05) is 12.3 Å². The molecule has 1 aliphatic rings. The van der Waals surface area contributed by atoms with Crippen LogP contribution in [0.25, 0.3) is 27.7 Å². The predicted octanol–water partition coefficient (Wildman–Crippen LogP) is 3.88. The number of nitrogen functional groups attached to an aromatic ring is 1. The fourth-order valence-electron chi connectivity index (χ4n) is 4.44. The van der Waals surface area contributed by atoms with E-state index in [4.69, 9.17) is 20.2 Å². The summed E-state index contributed by atoms with van der Waals surface area (Å²) in [6.07, 6.45) is 5.43. The van der Waals surface area contributed by atoms with Crippen molar-refractivity contribution in [2.75, 3.05) is 32.7 Å². The predicted molar refractivity (Wildman–Crippen MR) is 132 cm³/mol. The number of ether oxygens (including phenoxy) is 2. The summed E-state index contributed by atoms with van der Waals surface area (Å²) in [6.45, 7) is 4.67. The van der Waals surface area contributed by atoms with E-state index in [1.54, 1.807) is 17.8 Å². The van der Waals surface area contributed by atoms with Gasteiger partial charge in [0.2, 0.25) is 0 Å². The van der Waals surface area contributed by atoms with E-state index >= 15 is 0 Å². The molecule has 0 unspecified atom stereocenters. The van der Waals surface area contributed by atoms with Crippen LogP contribution in [0.5, 0.6) is 0 Å². The molecule has 1 aromatic carbocycles. The molecule has 172 valence electrons. The highest BCUT2D eigenvalue weighted by Gasteiger charge is 2.32. The van der Waals surface area contributed by atoms with Crippen molar-refractivity contribution in [3.05, 3.63) is 52.4 Å². The van der Waals surface area contributed by atoms with Gasteiger partial charge in [-0.05, 0) is 53.9 Å². The van der Waals surface area contributed by atoms with Crippen LogP contribution in [-0.2, 0) is 16.0 Å². The SMILES string of the molecule is COCC1(NCc2nc3c(-c4cnc5ccc(C)cc5c4)cnn3c(N)c2Br)CCOCC1. The molecule has 0 amide bonds. The van der Waals surface area contributed by atoms with Gasteiger partial charge in [-0.25, -0.2) is 4.98 Å². The van der Waals surface area contributed by atoms with Crippen molar-refractivity contribution >= 4 is 38.3 Å². The molecule has 0 spiro atoms. The van der Waals surface area contributed by atoms with Gasteiger partial charge in [0.05, 0.1) is 28.5 Å². The maximum atomic E-state index is 6.45. The fraction of sp³-hybridized carbons (Fsp3) is 0.375. The maximum absolute atomic E-state index is 6.45. The zero-order chi connectivity index (χ0) is 23.0. The number of nitrogens with zero attached hydrogens (tertiary/aromatic N) is 4. The lowest BCUT2D eigenvalue weighted by Crippen LogP contribution is -2.52. The Morgan fingerprint density at radius 3 is 2.85 bits per heavy atom. The molecule has 9 heteroatoms. The Hall–Kier alpha value is -2.59. The van der Waals surface area contributed by atoms with E-state index in [9.17, 15) is 0 Å². The molecule has 3 aromatic heterocycles. The van der Waals surface area contributed by atoms with E-state index in [0.717, 1.165) is 45.0 Å². The van der Waals surface area contributed by atoms with E-state index in [0.29, 0.717) is 37.8 Å². The van der Waals surface area contributed by atoms with Gasteiger partial charge in [-0.1, -0.05) is 11.6 Å². The van der Waals surface area contributed by atoms with Crippen molar-refractivity contribution in [1.29, 1.82) is 0 Å². The fourth-order valence-corrected chi connectivity index (χ4v) is 4.84. The number of aryl methyl sites for hydroxylation is 1. The van der Waals surface area contributed by atoms with Crippen LogP contribution in [-0.4, -0.2) is 52.1 Å². The number of halogens is 1. The molecular formula is C24H27BrN6O2. The molecule has 5 rings (SSSR count). The van der Waals surface area contributed by atoms with E-state index in [-0.39, 0.29) is 5.54 Å². The number of anilines is 1. The lowest BCUT2D eigenvalue weighted by molar-refractivity contribution is -0.000377. The van der Waals surface area contributed by atoms with Crippen molar-refractivity contribution in [1.82, 2.24) is 24.9 Å². The summed E-state index contributed by atoms with van der Waals surface area (Å²) in [7, 11) is 1.73. The van der Waals surface area contributed by atoms with Crippen LogP contribution in [0.2, 0.25) is 0 Å². The Kier molecular flexibility index (Phi) is 6.05. The van der Waals surface area contributed by atoms with Crippen molar-refractivity contribution < 1.29 is 9.47 Å². The van der Waals surface area contributed by atoms with Crippen LogP contribution in [0, 0.1) is 6.92 Å². The Morgan fingerprint density at radius 2 is 2.06 bits per heavy atom. The average Bonchev–Trinajstić information content (AvgIpc) is 3.25. The first-order valence-corrected chi connectivity index (χ1v) is 11.8. The molecule has 0 atom stereocenters. The van der Waals surface area contributed by atoms with E-state index < -0.39 is 0 Å². The topological polar surface area (TPSA) is 99.6 Å². The van der Waals surface area contributed by atoms with Gasteiger partial charge in [0.15, 0.2) is 5.65 Å². The molecule has 4 aromatic rings. The quantitative estimate of drug-likeness (QED) is 0.405. The summed E-state index contributed by atoms with van der Waals surface area (Å²) < 4.78 is 13.5. The molecule has 0 radical (unpaired) electrons. The number of hydrogen-bond acceptors (Lipinski definition) is 7. The molecule has 0 aliphatic carbocycles. The van der Waals surface area contributed by atoms with Crippen LogP contribution >= 0.6 is 15.9 Å². The third-order valence-electron chi connectivity index (χ3n) is 6.34. The molecule has 3 N–H and O–H groups in total. The summed E-state index contributed by atoms with van der Waals surface area (Å²) in [5.74, 6) is 0.514. The number of pyridine rings is 1. The monoisotopic (exact) mass is 510 g/mol. The molecule has 4 heterocycles. The second-order valence-electron chi connectivity index (χ2n) is 8.65. The normalized spacial score (nSPS) is 16.0. The largest absolute Gasteiger partial charge is 0.383 e. The number of nitrogens with one attached hydrogen (secondary N) is 1. The molecule has 0 bridgehead atoms. The van der Waals surface area contributed by atoms with Gasteiger partial charge in [-0.3, -0.25) is 4.98 Å². The summed E-state index contributed by atoms with van der Waals surface area (Å²) in [5.41, 5.74) is 11.8. The molecule has 1 aliphatic heterocycles. The first-order chi connectivity index (χ1) is 16.0. The zero-order valence-electron chi connectivity index (χ0n) is 18.8. The van der Waals surface area contributed by atoms with Gasteiger partial charge >= 0.3 is 0 Å². The number of rotatable bonds is 6. The number of benzene rings is 1. The van der Waals surface area contributed by atoms with Crippen molar-refractivity contribution in [3.8, 4) is 11.1 Å². The maximum Gasteiger partial charge on any atom is 0.165 e. The van der Waals surface area contributed by atoms with E-state index in [1.165, 1.54) is 5.56 Å². The van der Waals surface area contributed by atoms with E-state index in [2.05, 4.69) is 56.5 Å². The molecule has 1 fully saturated rings. The zero-order valence-corrected chi connectivity index (χ0v) is 20.4. The Bertz CT molecular complexity index is 1310. The third kappa shape index (κ3) is 4.21. The average molecular weight is 511 g/mol. The van der Waals surface area contributed by atoms with Crippen molar-refractivity contribution in [2.45, 2.75) is 31.8 Å². The van der Waals surface area contributed by atoms with Gasteiger partial charge in [-0.2, -0.15) is 9.61 Å². The van der Waals surface area contributed by atoms with Gasteiger partial charge in [0, 0.05) is 55.1 Å². The van der Waals surface area contributed by atoms with Gasteiger partial charge in [0.25, 0.3) is 0 Å². The van der Waals surface area contributed by atoms with Crippen LogP contribution in [0.3, 0.4) is 0 Å². The van der Waals surface area contributed by atoms with Gasteiger partial charge < -0.3 is 20.5 Å². The first kappa shape index (κ1) is 22.2. The lowest BCUT2D eigenvalue weighted by atomic mass is 9.91. The summed E-state index contributed by atoms with van der Waals surface area (Å²) in [6, 6.07) is 8.36. The number of fused-ring (bicyclic) bond motifs is 2. The summed E-state index contributed by atoms with van der Waals surface area (Å²) in [5, 5.41) is 9.26. The Labute approximate surface area is 200 Å². The number of aromatic nitrogens is 4. The summed E-state index contributed by atoms with van der Waals surface area (Å²) in [4.78, 5) is 9.59. The molecule has 1 saturated heterocycles. The molecular weight excluding hydrogens is 484 g/mol. The van der Waals surface area contributed by atoms with Crippen molar-refractivity contribution in [3.63, 3.8) is 0 Å². The second-order valence-corrected chi connectivity index (χ2v) is 9.44. The minimum Gasteiger partial charge on any atom is -0.383 e. The smallest absolute Gasteiger partial charge is 0.165 e. The Balaban J connectivity index is 1.52. The Morgan fingerprint density at radius 1 is 1.24 bits per heavy atom. The first-order valence-electron chi connectivity index (χ1n) is 11.0. The lowest BCUT2D eigenvalue weighted by Gasteiger charge is -2.37. The molecule has 8 nitrogen and oxygen atoms in total. The van der Waals surface area contributed by atoms with Crippen molar-refractivity contribution in [2.24, 2.45) is 0 Å². The number of hydrogen-bond donors (Lipinski definition) is 2. The second kappa shape index (κ2) is 8.98. The highest BCUT2D eigenvalue weighted by atomic mass is 79.9. The standard InChI is InChI=1S/C24H27BrN6O2/c1-15-3-4-19-16(9-15)10-17(11-27-19)18-12-29-31-22(26)21(25)20(30-23(18)31)13-28-24(14-32-2)5-7-33-8-6-24/h3-4,9-12,28H,5-8,13-14,26H2,1-2H3. The highest BCUT2D eigenvalue weighted by Crippen LogP contribution is 2.31. The molecule has 33 heavy (non-hydrogen) atoms. The summed E-state index contributed by atoms with van der Waals surface area (Å²) >= 11 is 3.63. The van der Waals surface area contributed by atoms with Crippen LogP contribution < -0.4 is 11.1 Å². The molecule has 0 saturated carbocycles. The minimum atomic E-state index is -0.141. The minimum absolute atomic E-state index is 0.141. The van der Waals surface area contributed by atoms with Gasteiger partial charge in [-0.15, -0.1) is 0 Å². The third-order valence-corrected chi connectivity index (χ3v) is 7.20. The number of nitrogens with two attached hydrogens (primary N) is 1. The van der Waals surface area contributed by atoms with Gasteiger partial charge in [0.1, 0.15) is 5.82 Å². The van der Waals surface area contributed by atoms with Crippen LogP contribution in [0.15, 0.2) is 41.1 Å². The highest BCUT2D eigenvalue weighted by molar-refractivity contribution is 9.10. The number of methoxy groups -OCH3 is 1.